The molecule has 0 aliphatic carbocycles. The highest BCUT2D eigenvalue weighted by atomic mass is 16.4. The summed E-state index contributed by atoms with van der Waals surface area (Å²) >= 11 is 0. The molecule has 1 amide bonds. The van der Waals surface area contributed by atoms with Gasteiger partial charge in [-0.05, 0) is 44.1 Å². The van der Waals surface area contributed by atoms with E-state index >= 15 is 0 Å². The Morgan fingerprint density at radius 3 is 2.43 bits per heavy atom. The molecule has 2 saturated heterocycles. The van der Waals surface area contributed by atoms with Gasteiger partial charge in [0.05, 0.1) is 6.04 Å². The van der Waals surface area contributed by atoms with Crippen molar-refractivity contribution in [3.63, 3.8) is 0 Å². The van der Waals surface area contributed by atoms with E-state index in [1.165, 1.54) is 0 Å². The summed E-state index contributed by atoms with van der Waals surface area (Å²) in [7, 11) is 0. The highest BCUT2D eigenvalue weighted by Crippen LogP contribution is 2.28. The van der Waals surface area contributed by atoms with Crippen molar-refractivity contribution in [2.75, 3.05) is 13.1 Å². The first-order chi connectivity index (χ1) is 10.1. The number of nitrogens with zero attached hydrogens (tertiary/aromatic N) is 1. The quantitative estimate of drug-likeness (QED) is 0.831. The summed E-state index contributed by atoms with van der Waals surface area (Å²) in [6, 6.07) is -0.830. The molecule has 5 nitrogen and oxygen atoms in total. The molecule has 0 radical (unpaired) electrons. The molecule has 0 spiro atoms. The number of rotatable bonds is 4. The van der Waals surface area contributed by atoms with E-state index in [9.17, 15) is 14.7 Å². The van der Waals surface area contributed by atoms with Crippen LogP contribution >= 0.6 is 0 Å². The first kappa shape index (κ1) is 16.3. The third-order valence-corrected chi connectivity index (χ3v) is 5.24. The minimum absolute atomic E-state index is 0.00453. The number of likely N-dealkylation sites (tertiary alicyclic amines) is 1. The molecule has 120 valence electrons. The first-order valence-electron chi connectivity index (χ1n) is 8.33. The zero-order valence-electron chi connectivity index (χ0n) is 13.2. The van der Waals surface area contributed by atoms with E-state index < -0.39 is 12.0 Å². The topological polar surface area (TPSA) is 69.6 Å². The number of aliphatic carboxylic acids is 1. The van der Waals surface area contributed by atoms with Crippen molar-refractivity contribution in [1.82, 2.24) is 10.2 Å². The average Bonchev–Trinajstić information content (AvgIpc) is 2.53. The molecule has 2 heterocycles. The smallest absolute Gasteiger partial charge is 0.326 e. The van der Waals surface area contributed by atoms with Gasteiger partial charge in [-0.2, -0.15) is 0 Å². The Labute approximate surface area is 127 Å². The van der Waals surface area contributed by atoms with Gasteiger partial charge < -0.3 is 15.3 Å². The summed E-state index contributed by atoms with van der Waals surface area (Å²) in [6.45, 7) is 5.70. The van der Waals surface area contributed by atoms with Crippen molar-refractivity contribution >= 4 is 11.9 Å². The highest BCUT2D eigenvalue weighted by Gasteiger charge is 2.39. The van der Waals surface area contributed by atoms with Crippen molar-refractivity contribution in [1.29, 1.82) is 0 Å². The Morgan fingerprint density at radius 2 is 1.81 bits per heavy atom. The van der Waals surface area contributed by atoms with Gasteiger partial charge in [-0.1, -0.05) is 26.7 Å². The number of carboxylic acid groups (broad SMARTS) is 1. The monoisotopic (exact) mass is 296 g/mol. The molecule has 2 fully saturated rings. The molecule has 0 aromatic carbocycles. The zero-order valence-corrected chi connectivity index (χ0v) is 13.2. The van der Waals surface area contributed by atoms with Crippen molar-refractivity contribution in [2.24, 2.45) is 11.8 Å². The molecule has 4 atom stereocenters. The van der Waals surface area contributed by atoms with Crippen LogP contribution in [0.5, 0.6) is 0 Å². The van der Waals surface area contributed by atoms with E-state index in [0.717, 1.165) is 38.6 Å². The standard InChI is InChI=1S/C16H28N2O3/c1-3-11-5-7-17-13(9-11)15(19)18-8-6-12(4-2)10-14(18)16(20)21/h11-14,17H,3-10H2,1-2H3,(H,20,21). The van der Waals surface area contributed by atoms with Gasteiger partial charge in [0.25, 0.3) is 0 Å². The Hall–Kier alpha value is -1.10. The van der Waals surface area contributed by atoms with E-state index in [-0.39, 0.29) is 11.9 Å². The lowest BCUT2D eigenvalue weighted by atomic mass is 9.86. The Bertz CT molecular complexity index is 386. The molecule has 5 heteroatoms. The number of carbonyl (C=O) groups excluding carboxylic acids is 1. The minimum atomic E-state index is -0.857. The number of piperidine rings is 2. The van der Waals surface area contributed by atoms with Crippen molar-refractivity contribution in [3.8, 4) is 0 Å². The van der Waals surface area contributed by atoms with Crippen molar-refractivity contribution < 1.29 is 14.7 Å². The van der Waals surface area contributed by atoms with E-state index in [1.807, 2.05) is 0 Å². The van der Waals surface area contributed by atoms with Crippen LogP contribution in [0.25, 0.3) is 0 Å². The maximum Gasteiger partial charge on any atom is 0.326 e. The van der Waals surface area contributed by atoms with E-state index in [2.05, 4.69) is 19.2 Å². The van der Waals surface area contributed by atoms with Gasteiger partial charge in [0.15, 0.2) is 0 Å². The predicted octanol–water partition coefficient (Wildman–Crippen LogP) is 1.87. The van der Waals surface area contributed by atoms with Crippen LogP contribution < -0.4 is 5.32 Å². The Balaban J connectivity index is 2.04. The van der Waals surface area contributed by atoms with Gasteiger partial charge in [-0.3, -0.25) is 4.79 Å². The molecule has 4 unspecified atom stereocenters. The lowest BCUT2D eigenvalue weighted by Crippen LogP contribution is -2.57. The Kier molecular flexibility index (Phi) is 5.62. The maximum atomic E-state index is 12.7. The summed E-state index contributed by atoms with van der Waals surface area (Å²) in [5.41, 5.74) is 0. The molecule has 21 heavy (non-hydrogen) atoms. The molecule has 2 aliphatic rings. The van der Waals surface area contributed by atoms with Crippen LogP contribution in [0, 0.1) is 11.8 Å². The third-order valence-electron chi connectivity index (χ3n) is 5.24. The van der Waals surface area contributed by atoms with E-state index in [0.29, 0.717) is 24.8 Å². The fraction of sp³-hybridized carbons (Fsp3) is 0.875. The molecular formula is C16H28N2O3. The van der Waals surface area contributed by atoms with Crippen LogP contribution in [0.1, 0.15) is 52.4 Å². The van der Waals surface area contributed by atoms with Gasteiger partial charge in [-0.15, -0.1) is 0 Å². The molecule has 0 saturated carbocycles. The van der Waals surface area contributed by atoms with Crippen molar-refractivity contribution in [2.45, 2.75) is 64.5 Å². The van der Waals surface area contributed by atoms with Crippen molar-refractivity contribution in [3.05, 3.63) is 0 Å². The summed E-state index contributed by atoms with van der Waals surface area (Å²) < 4.78 is 0. The second-order valence-electron chi connectivity index (χ2n) is 6.49. The third kappa shape index (κ3) is 3.76. The number of hydrogen-bond donors (Lipinski definition) is 2. The van der Waals surface area contributed by atoms with Gasteiger partial charge >= 0.3 is 5.97 Å². The second kappa shape index (κ2) is 7.25. The molecular weight excluding hydrogens is 268 g/mol. The van der Waals surface area contributed by atoms with Crippen LogP contribution in [0.15, 0.2) is 0 Å². The van der Waals surface area contributed by atoms with Gasteiger partial charge in [-0.25, -0.2) is 4.79 Å². The number of nitrogens with one attached hydrogen (secondary N) is 1. The second-order valence-corrected chi connectivity index (χ2v) is 6.49. The number of hydrogen-bond acceptors (Lipinski definition) is 3. The molecule has 2 aliphatic heterocycles. The fourth-order valence-corrected chi connectivity index (χ4v) is 3.66. The first-order valence-corrected chi connectivity index (χ1v) is 8.33. The lowest BCUT2D eigenvalue weighted by Gasteiger charge is -2.40. The average molecular weight is 296 g/mol. The molecule has 0 aromatic rings. The van der Waals surface area contributed by atoms with Crippen LogP contribution in [0.4, 0.5) is 0 Å². The number of carbonyl (C=O) groups is 2. The van der Waals surface area contributed by atoms with E-state index in [1.54, 1.807) is 4.90 Å². The van der Waals surface area contributed by atoms with Crippen LogP contribution in [-0.4, -0.2) is 47.1 Å². The summed E-state index contributed by atoms with van der Waals surface area (Å²) in [5, 5.41) is 12.7. The predicted molar refractivity (Wildman–Crippen MR) is 81.0 cm³/mol. The highest BCUT2D eigenvalue weighted by molar-refractivity contribution is 5.87. The van der Waals surface area contributed by atoms with Gasteiger partial charge in [0.2, 0.25) is 5.91 Å². The number of amides is 1. The minimum Gasteiger partial charge on any atom is -0.480 e. The summed E-state index contributed by atoms with van der Waals surface area (Å²) in [6.07, 6.45) is 5.56. The Morgan fingerprint density at radius 1 is 1.14 bits per heavy atom. The number of carboxylic acids is 1. The van der Waals surface area contributed by atoms with Gasteiger partial charge in [0.1, 0.15) is 6.04 Å². The summed E-state index contributed by atoms with van der Waals surface area (Å²) in [4.78, 5) is 25.9. The molecule has 2 N–H and O–H groups in total. The van der Waals surface area contributed by atoms with Crippen LogP contribution in [0.3, 0.4) is 0 Å². The lowest BCUT2D eigenvalue weighted by molar-refractivity contribution is -0.154. The van der Waals surface area contributed by atoms with Gasteiger partial charge in [0, 0.05) is 6.54 Å². The summed E-state index contributed by atoms with van der Waals surface area (Å²) in [5.74, 6) is 0.147. The molecule has 0 aromatic heterocycles. The normalized spacial score (nSPS) is 33.7. The molecule has 2 rings (SSSR count). The fourth-order valence-electron chi connectivity index (χ4n) is 3.66. The zero-order chi connectivity index (χ0) is 15.4. The van der Waals surface area contributed by atoms with Crippen LogP contribution in [0.2, 0.25) is 0 Å². The SMILES string of the molecule is CCC1CCNC(C(=O)N2CCC(CC)CC2C(=O)O)C1. The largest absolute Gasteiger partial charge is 0.480 e. The van der Waals surface area contributed by atoms with E-state index in [4.69, 9.17) is 0 Å². The molecule has 0 bridgehead atoms. The maximum absolute atomic E-state index is 12.7. The van der Waals surface area contributed by atoms with Crippen LogP contribution in [-0.2, 0) is 9.59 Å².